The first-order valence-electron chi connectivity index (χ1n) is 6.48. The van der Waals surface area contributed by atoms with Gasteiger partial charge in [-0.1, -0.05) is 29.8 Å². The Hall–Kier alpha value is -0.610. The Morgan fingerprint density at radius 3 is 2.83 bits per heavy atom. The minimum atomic E-state index is 0.579. The second-order valence-electron chi connectivity index (χ2n) is 4.48. The van der Waals surface area contributed by atoms with E-state index in [4.69, 9.17) is 21.1 Å². The molecule has 0 atom stereocenters. The summed E-state index contributed by atoms with van der Waals surface area (Å²) in [6.07, 6.45) is 2.20. The molecule has 0 aromatic heterocycles. The molecule has 1 N–H and O–H groups in total. The van der Waals surface area contributed by atoms with Gasteiger partial charge in [0, 0.05) is 30.8 Å². The van der Waals surface area contributed by atoms with Gasteiger partial charge in [0.25, 0.3) is 0 Å². The lowest BCUT2D eigenvalue weighted by molar-refractivity contribution is 0.0716. The number of halogens is 1. The van der Waals surface area contributed by atoms with Crippen molar-refractivity contribution in [3.8, 4) is 0 Å². The van der Waals surface area contributed by atoms with Gasteiger partial charge in [-0.25, -0.2) is 0 Å². The Morgan fingerprint density at radius 1 is 1.28 bits per heavy atom. The highest BCUT2D eigenvalue weighted by Gasteiger charge is 2.12. The van der Waals surface area contributed by atoms with Gasteiger partial charge < -0.3 is 14.8 Å². The van der Waals surface area contributed by atoms with E-state index >= 15 is 0 Å². The Labute approximate surface area is 113 Å². The SMILES string of the molecule is Clc1ccccc1COCCNC1CCOCC1. The van der Waals surface area contributed by atoms with Crippen molar-refractivity contribution in [1.29, 1.82) is 0 Å². The zero-order valence-electron chi connectivity index (χ0n) is 10.5. The summed E-state index contributed by atoms with van der Waals surface area (Å²) >= 11 is 6.05. The highest BCUT2D eigenvalue weighted by Crippen LogP contribution is 2.15. The number of rotatable bonds is 6. The number of benzene rings is 1. The van der Waals surface area contributed by atoms with Crippen molar-refractivity contribution in [2.75, 3.05) is 26.4 Å². The highest BCUT2D eigenvalue weighted by molar-refractivity contribution is 6.31. The molecule has 1 aliphatic heterocycles. The van der Waals surface area contributed by atoms with E-state index in [2.05, 4.69) is 5.32 Å². The van der Waals surface area contributed by atoms with Crippen molar-refractivity contribution < 1.29 is 9.47 Å². The van der Waals surface area contributed by atoms with Crippen LogP contribution in [-0.2, 0) is 16.1 Å². The number of hydrogen-bond donors (Lipinski definition) is 1. The van der Waals surface area contributed by atoms with Crippen LogP contribution in [0.15, 0.2) is 24.3 Å². The predicted octanol–water partition coefficient (Wildman–Crippen LogP) is 2.63. The zero-order valence-corrected chi connectivity index (χ0v) is 11.3. The Morgan fingerprint density at radius 2 is 2.06 bits per heavy atom. The molecule has 18 heavy (non-hydrogen) atoms. The second kappa shape index (κ2) is 7.74. The first-order chi connectivity index (χ1) is 8.86. The molecular formula is C14H20ClNO2. The molecule has 1 fully saturated rings. The molecule has 1 aliphatic rings. The van der Waals surface area contributed by atoms with Crippen LogP contribution in [0.5, 0.6) is 0 Å². The van der Waals surface area contributed by atoms with Crippen LogP contribution < -0.4 is 5.32 Å². The Bertz CT molecular complexity index is 353. The summed E-state index contributed by atoms with van der Waals surface area (Å²) in [4.78, 5) is 0. The maximum atomic E-state index is 6.05. The van der Waals surface area contributed by atoms with E-state index in [1.165, 1.54) is 0 Å². The molecule has 1 aromatic carbocycles. The van der Waals surface area contributed by atoms with Crippen molar-refractivity contribution in [1.82, 2.24) is 5.32 Å². The van der Waals surface area contributed by atoms with Crippen LogP contribution >= 0.6 is 11.6 Å². The Balaban J connectivity index is 1.57. The summed E-state index contributed by atoms with van der Waals surface area (Å²) < 4.78 is 10.9. The summed E-state index contributed by atoms with van der Waals surface area (Å²) in [5.41, 5.74) is 1.05. The lowest BCUT2D eigenvalue weighted by atomic mass is 10.1. The van der Waals surface area contributed by atoms with E-state index in [-0.39, 0.29) is 0 Å². The molecule has 0 amide bonds. The topological polar surface area (TPSA) is 30.5 Å². The summed E-state index contributed by atoms with van der Waals surface area (Å²) in [6.45, 7) is 3.92. The standard InChI is InChI=1S/C14H20ClNO2/c15-14-4-2-1-3-12(14)11-18-10-7-16-13-5-8-17-9-6-13/h1-4,13,16H,5-11H2. The molecule has 1 aromatic rings. The minimum absolute atomic E-state index is 0.579. The molecule has 0 bridgehead atoms. The fraction of sp³-hybridized carbons (Fsp3) is 0.571. The van der Waals surface area contributed by atoms with Crippen LogP contribution in [0.3, 0.4) is 0 Å². The third-order valence-electron chi connectivity index (χ3n) is 3.12. The number of ether oxygens (including phenoxy) is 2. The largest absolute Gasteiger partial charge is 0.381 e. The molecule has 1 heterocycles. The zero-order chi connectivity index (χ0) is 12.6. The normalized spacial score (nSPS) is 16.9. The monoisotopic (exact) mass is 269 g/mol. The van der Waals surface area contributed by atoms with Crippen molar-refractivity contribution >= 4 is 11.6 Å². The smallest absolute Gasteiger partial charge is 0.0731 e. The average Bonchev–Trinajstić information content (AvgIpc) is 2.42. The second-order valence-corrected chi connectivity index (χ2v) is 4.89. The van der Waals surface area contributed by atoms with Crippen LogP contribution in [0.25, 0.3) is 0 Å². The molecule has 0 spiro atoms. The molecular weight excluding hydrogens is 250 g/mol. The average molecular weight is 270 g/mol. The van der Waals surface area contributed by atoms with Gasteiger partial charge >= 0.3 is 0 Å². The van der Waals surface area contributed by atoms with E-state index in [9.17, 15) is 0 Å². The highest BCUT2D eigenvalue weighted by atomic mass is 35.5. The third kappa shape index (κ3) is 4.58. The van der Waals surface area contributed by atoms with Gasteiger partial charge in [-0.2, -0.15) is 0 Å². The minimum Gasteiger partial charge on any atom is -0.381 e. The third-order valence-corrected chi connectivity index (χ3v) is 3.48. The van der Waals surface area contributed by atoms with Gasteiger partial charge in [-0.05, 0) is 24.5 Å². The van der Waals surface area contributed by atoms with E-state index in [1.54, 1.807) is 0 Å². The summed E-state index contributed by atoms with van der Waals surface area (Å²) in [6, 6.07) is 8.38. The first-order valence-corrected chi connectivity index (χ1v) is 6.86. The molecule has 100 valence electrons. The van der Waals surface area contributed by atoms with Gasteiger partial charge in [0.2, 0.25) is 0 Å². The van der Waals surface area contributed by atoms with Crippen molar-refractivity contribution in [3.05, 3.63) is 34.9 Å². The van der Waals surface area contributed by atoms with Gasteiger partial charge in [-0.3, -0.25) is 0 Å². The Kier molecular flexibility index (Phi) is 5.94. The predicted molar refractivity (Wildman–Crippen MR) is 73.0 cm³/mol. The number of nitrogens with one attached hydrogen (secondary N) is 1. The fourth-order valence-corrected chi connectivity index (χ4v) is 2.22. The number of hydrogen-bond acceptors (Lipinski definition) is 3. The summed E-state index contributed by atoms with van der Waals surface area (Å²) in [5.74, 6) is 0. The van der Waals surface area contributed by atoms with Gasteiger partial charge in [0.05, 0.1) is 13.2 Å². The molecule has 3 nitrogen and oxygen atoms in total. The quantitative estimate of drug-likeness (QED) is 0.806. The maximum Gasteiger partial charge on any atom is 0.0731 e. The molecule has 0 unspecified atom stereocenters. The lowest BCUT2D eigenvalue weighted by Gasteiger charge is -2.23. The van der Waals surface area contributed by atoms with Crippen LogP contribution in [0.4, 0.5) is 0 Å². The van der Waals surface area contributed by atoms with Crippen molar-refractivity contribution in [2.45, 2.75) is 25.5 Å². The molecule has 0 radical (unpaired) electrons. The van der Waals surface area contributed by atoms with E-state index in [1.807, 2.05) is 24.3 Å². The van der Waals surface area contributed by atoms with Gasteiger partial charge in [-0.15, -0.1) is 0 Å². The van der Waals surface area contributed by atoms with Gasteiger partial charge in [0.15, 0.2) is 0 Å². The van der Waals surface area contributed by atoms with Crippen LogP contribution in [0, 0.1) is 0 Å². The van der Waals surface area contributed by atoms with Crippen LogP contribution in [0.2, 0.25) is 5.02 Å². The molecule has 0 aliphatic carbocycles. The lowest BCUT2D eigenvalue weighted by Crippen LogP contribution is -2.36. The molecule has 2 rings (SSSR count). The fourth-order valence-electron chi connectivity index (χ4n) is 2.03. The maximum absolute atomic E-state index is 6.05. The first kappa shape index (κ1) is 13.8. The molecule has 4 heteroatoms. The summed E-state index contributed by atoms with van der Waals surface area (Å²) in [7, 11) is 0. The van der Waals surface area contributed by atoms with Crippen LogP contribution in [-0.4, -0.2) is 32.4 Å². The van der Waals surface area contributed by atoms with Crippen LogP contribution in [0.1, 0.15) is 18.4 Å². The molecule has 1 saturated heterocycles. The van der Waals surface area contributed by atoms with Crippen molar-refractivity contribution in [2.24, 2.45) is 0 Å². The summed E-state index contributed by atoms with van der Waals surface area (Å²) in [5, 5.41) is 4.26. The van der Waals surface area contributed by atoms with Crippen molar-refractivity contribution in [3.63, 3.8) is 0 Å². The van der Waals surface area contributed by atoms with Gasteiger partial charge in [0.1, 0.15) is 0 Å². The van der Waals surface area contributed by atoms with E-state index in [0.29, 0.717) is 19.3 Å². The van der Waals surface area contributed by atoms with E-state index < -0.39 is 0 Å². The van der Waals surface area contributed by atoms with E-state index in [0.717, 1.165) is 43.2 Å². The molecule has 0 saturated carbocycles.